The Morgan fingerprint density at radius 3 is 2.36 bits per heavy atom. The average Bonchev–Trinajstić information content (AvgIpc) is 2.65. The number of sulfone groups is 1. The van der Waals surface area contributed by atoms with E-state index in [1.54, 1.807) is 20.2 Å². The Kier molecular flexibility index (Phi) is 8.14. The van der Waals surface area contributed by atoms with E-state index in [2.05, 4.69) is 15.6 Å². The highest BCUT2D eigenvalue weighted by atomic mass is 35.5. The van der Waals surface area contributed by atoms with Gasteiger partial charge in [0.2, 0.25) is 0 Å². The Hall–Kier alpha value is -2.25. The van der Waals surface area contributed by atoms with E-state index in [1.807, 2.05) is 36.4 Å². The lowest BCUT2D eigenvalue weighted by atomic mass is 10.1. The number of rotatable bonds is 8. The fourth-order valence-electron chi connectivity index (χ4n) is 2.64. The molecule has 0 aliphatic rings. The Labute approximate surface area is 171 Å². The summed E-state index contributed by atoms with van der Waals surface area (Å²) < 4.78 is 27.8. The maximum atomic E-state index is 11.3. The number of nitrogens with zero attached hydrogens (tertiary/aromatic N) is 1. The van der Waals surface area contributed by atoms with Gasteiger partial charge in [-0.3, -0.25) is 4.99 Å². The third-order valence-electron chi connectivity index (χ3n) is 4.08. The van der Waals surface area contributed by atoms with Crippen LogP contribution in [0, 0.1) is 0 Å². The van der Waals surface area contributed by atoms with Crippen molar-refractivity contribution in [2.24, 2.45) is 4.99 Å². The lowest BCUT2D eigenvalue weighted by molar-refractivity contribution is 0.414. The maximum Gasteiger partial charge on any atom is 0.191 e. The van der Waals surface area contributed by atoms with Gasteiger partial charge in [0.25, 0.3) is 0 Å². The number of halogens is 1. The molecule has 0 aliphatic heterocycles. The molecule has 0 bridgehead atoms. The van der Waals surface area contributed by atoms with E-state index in [9.17, 15) is 8.42 Å². The van der Waals surface area contributed by atoms with Crippen LogP contribution in [0.25, 0.3) is 0 Å². The van der Waals surface area contributed by atoms with Crippen LogP contribution >= 0.6 is 11.6 Å². The Balaban J connectivity index is 1.81. The minimum absolute atomic E-state index is 0.0534. The molecule has 0 unspecified atom stereocenters. The number of hydrogen-bond donors (Lipinski definition) is 2. The lowest BCUT2D eigenvalue weighted by Gasteiger charge is -2.13. The number of hydrogen-bond acceptors (Lipinski definition) is 4. The molecule has 0 atom stereocenters. The van der Waals surface area contributed by atoms with Gasteiger partial charge in [-0.2, -0.15) is 0 Å². The molecule has 28 heavy (non-hydrogen) atoms. The molecule has 0 amide bonds. The van der Waals surface area contributed by atoms with Crippen molar-refractivity contribution in [3.63, 3.8) is 0 Å². The van der Waals surface area contributed by atoms with Crippen molar-refractivity contribution in [3.8, 4) is 5.75 Å². The third kappa shape index (κ3) is 7.40. The first-order valence-electron chi connectivity index (χ1n) is 8.83. The lowest BCUT2D eigenvalue weighted by Crippen LogP contribution is -2.37. The van der Waals surface area contributed by atoms with Crippen LogP contribution in [0.3, 0.4) is 0 Å². The average molecular weight is 424 g/mol. The first-order chi connectivity index (χ1) is 13.3. The molecule has 0 saturated heterocycles. The van der Waals surface area contributed by atoms with E-state index in [0.29, 0.717) is 24.1 Å². The minimum atomic E-state index is -3.02. The second-order valence-electron chi connectivity index (χ2n) is 6.45. The highest BCUT2D eigenvalue weighted by Crippen LogP contribution is 2.22. The van der Waals surface area contributed by atoms with Crippen LogP contribution in [0.4, 0.5) is 0 Å². The molecule has 8 heteroatoms. The van der Waals surface area contributed by atoms with Gasteiger partial charge >= 0.3 is 0 Å². The van der Waals surface area contributed by atoms with Crippen LogP contribution < -0.4 is 15.4 Å². The van der Waals surface area contributed by atoms with Crippen molar-refractivity contribution in [2.45, 2.75) is 18.7 Å². The fraction of sp³-hybridized carbons (Fsp3) is 0.350. The highest BCUT2D eigenvalue weighted by Gasteiger charge is 2.06. The van der Waals surface area contributed by atoms with E-state index in [-0.39, 0.29) is 5.75 Å². The van der Waals surface area contributed by atoms with E-state index in [0.717, 1.165) is 28.9 Å². The molecule has 0 aliphatic carbocycles. The Morgan fingerprint density at radius 1 is 1.11 bits per heavy atom. The number of ether oxygens (including phenoxy) is 1. The molecule has 152 valence electrons. The van der Waals surface area contributed by atoms with E-state index in [1.165, 1.54) is 6.26 Å². The number of guanidine groups is 1. The molecule has 6 nitrogen and oxygen atoms in total. The quantitative estimate of drug-likeness (QED) is 0.504. The normalized spacial score (nSPS) is 11.9. The molecular weight excluding hydrogens is 398 g/mol. The minimum Gasteiger partial charge on any atom is -0.497 e. The summed E-state index contributed by atoms with van der Waals surface area (Å²) in [7, 11) is 0.305. The first kappa shape index (κ1) is 22.0. The molecule has 2 N–H and O–H groups in total. The summed E-state index contributed by atoms with van der Waals surface area (Å²) in [5.74, 6) is 1.48. The smallest absolute Gasteiger partial charge is 0.191 e. The van der Waals surface area contributed by atoms with Gasteiger partial charge in [-0.15, -0.1) is 0 Å². The second kappa shape index (κ2) is 10.3. The van der Waals surface area contributed by atoms with Gasteiger partial charge in [0, 0.05) is 31.4 Å². The molecule has 0 spiro atoms. The predicted octanol–water partition coefficient (Wildman–Crippen LogP) is 2.80. The molecule has 0 fully saturated rings. The van der Waals surface area contributed by atoms with Crippen molar-refractivity contribution in [1.82, 2.24) is 10.6 Å². The molecule has 0 heterocycles. The van der Waals surface area contributed by atoms with Gasteiger partial charge in [-0.05, 0) is 35.2 Å². The first-order valence-corrected chi connectivity index (χ1v) is 11.3. The molecule has 2 aromatic rings. The topological polar surface area (TPSA) is 79.8 Å². The summed E-state index contributed by atoms with van der Waals surface area (Å²) in [6, 6.07) is 13.1. The Morgan fingerprint density at radius 2 is 1.79 bits per heavy atom. The van der Waals surface area contributed by atoms with Gasteiger partial charge in [0.05, 0.1) is 12.9 Å². The summed E-state index contributed by atoms with van der Waals surface area (Å²) in [6.45, 7) is 1.27. The van der Waals surface area contributed by atoms with E-state index in [4.69, 9.17) is 16.3 Å². The summed E-state index contributed by atoms with van der Waals surface area (Å²) in [5, 5.41) is 7.18. The van der Waals surface area contributed by atoms with Crippen molar-refractivity contribution < 1.29 is 13.2 Å². The van der Waals surface area contributed by atoms with Crippen molar-refractivity contribution in [1.29, 1.82) is 0 Å². The van der Waals surface area contributed by atoms with E-state index < -0.39 is 9.84 Å². The zero-order valence-electron chi connectivity index (χ0n) is 16.3. The van der Waals surface area contributed by atoms with Crippen LogP contribution in [0.15, 0.2) is 47.5 Å². The van der Waals surface area contributed by atoms with Crippen molar-refractivity contribution in [2.75, 3.05) is 27.0 Å². The number of benzene rings is 2. The van der Waals surface area contributed by atoms with Crippen LogP contribution in [-0.4, -0.2) is 41.3 Å². The molecule has 2 rings (SSSR count). The summed E-state index contributed by atoms with van der Waals surface area (Å²) in [5.41, 5.74) is 2.86. The van der Waals surface area contributed by atoms with Crippen LogP contribution in [-0.2, 0) is 28.6 Å². The largest absolute Gasteiger partial charge is 0.497 e. The van der Waals surface area contributed by atoms with E-state index >= 15 is 0 Å². The molecular formula is C20H26ClN3O3S. The van der Waals surface area contributed by atoms with Gasteiger partial charge in [0.15, 0.2) is 15.8 Å². The third-order valence-corrected chi connectivity index (χ3v) is 5.29. The van der Waals surface area contributed by atoms with Crippen LogP contribution in [0.2, 0.25) is 5.02 Å². The fourth-order valence-corrected chi connectivity index (χ4v) is 3.70. The van der Waals surface area contributed by atoms with Crippen molar-refractivity contribution in [3.05, 3.63) is 64.2 Å². The molecule has 2 aromatic carbocycles. The van der Waals surface area contributed by atoms with Gasteiger partial charge in [0.1, 0.15) is 5.75 Å². The van der Waals surface area contributed by atoms with Gasteiger partial charge in [-0.1, -0.05) is 41.9 Å². The zero-order chi connectivity index (χ0) is 20.6. The highest BCUT2D eigenvalue weighted by molar-refractivity contribution is 7.89. The number of methoxy groups -OCH3 is 1. The summed E-state index contributed by atoms with van der Waals surface area (Å²) >= 11 is 6.26. The standard InChI is InChI=1S/C20H26ClN3O3S/c1-22-20(23-11-10-17-8-9-18(27-2)12-19(17)21)24-13-15-4-6-16(7-5-15)14-28(3,25)26/h4-9,12H,10-11,13-14H2,1-3H3,(H2,22,23,24). The Bertz CT molecular complexity index is 913. The van der Waals surface area contributed by atoms with Crippen LogP contribution in [0.1, 0.15) is 16.7 Å². The van der Waals surface area contributed by atoms with Gasteiger partial charge < -0.3 is 15.4 Å². The van der Waals surface area contributed by atoms with Crippen molar-refractivity contribution >= 4 is 27.4 Å². The maximum absolute atomic E-state index is 11.3. The summed E-state index contributed by atoms with van der Waals surface area (Å²) in [4.78, 5) is 4.21. The number of nitrogens with one attached hydrogen (secondary N) is 2. The van der Waals surface area contributed by atoms with Gasteiger partial charge in [-0.25, -0.2) is 8.42 Å². The molecule has 0 saturated carbocycles. The zero-order valence-corrected chi connectivity index (χ0v) is 17.9. The molecule has 0 radical (unpaired) electrons. The number of aliphatic imine (C=N–C) groups is 1. The SMILES string of the molecule is CN=C(NCCc1ccc(OC)cc1Cl)NCc1ccc(CS(C)(=O)=O)cc1. The molecule has 0 aromatic heterocycles. The van der Waals surface area contributed by atoms with Crippen LogP contribution in [0.5, 0.6) is 5.75 Å². The summed E-state index contributed by atoms with van der Waals surface area (Å²) in [6.07, 6.45) is 1.99. The predicted molar refractivity (Wildman–Crippen MR) is 115 cm³/mol. The monoisotopic (exact) mass is 423 g/mol. The second-order valence-corrected chi connectivity index (χ2v) is 8.99.